The van der Waals surface area contributed by atoms with E-state index in [-0.39, 0.29) is 17.7 Å². The highest BCUT2D eigenvalue weighted by atomic mass is 16.1. The summed E-state index contributed by atoms with van der Waals surface area (Å²) < 4.78 is 0. The van der Waals surface area contributed by atoms with Crippen molar-refractivity contribution in [2.45, 2.75) is 20.3 Å². The van der Waals surface area contributed by atoms with Gasteiger partial charge in [-0.3, -0.25) is 4.79 Å². The summed E-state index contributed by atoms with van der Waals surface area (Å²) in [4.78, 5) is 11.0. The van der Waals surface area contributed by atoms with E-state index in [1.54, 1.807) is 0 Å². The molecule has 0 bridgehead atoms. The second-order valence-electron chi connectivity index (χ2n) is 4.11. The predicted molar refractivity (Wildman–Crippen MR) is 62.1 cm³/mol. The highest BCUT2D eigenvalue weighted by Crippen LogP contribution is 2.17. The second-order valence-corrected chi connectivity index (χ2v) is 4.11. The molecule has 0 spiro atoms. The molecule has 1 aromatic rings. The van der Waals surface area contributed by atoms with Gasteiger partial charge in [-0.2, -0.15) is 0 Å². The van der Waals surface area contributed by atoms with Crippen LogP contribution < -0.4 is 11.5 Å². The van der Waals surface area contributed by atoms with Crippen LogP contribution in [0, 0.1) is 11.8 Å². The SMILES string of the molecule is CC(C(N)=O)[C@@H](C)Cc1ccc(N)cc1. The lowest BCUT2D eigenvalue weighted by molar-refractivity contribution is -0.122. The molecule has 0 aliphatic heterocycles. The number of benzene rings is 1. The number of hydrogen-bond acceptors (Lipinski definition) is 2. The Balaban J connectivity index is 2.62. The van der Waals surface area contributed by atoms with Crippen molar-refractivity contribution in [2.75, 3.05) is 5.73 Å². The van der Waals surface area contributed by atoms with Crippen LogP contribution in [0.3, 0.4) is 0 Å². The molecule has 15 heavy (non-hydrogen) atoms. The van der Waals surface area contributed by atoms with Crippen molar-refractivity contribution in [3.8, 4) is 0 Å². The first-order valence-electron chi connectivity index (χ1n) is 5.14. The predicted octanol–water partition coefficient (Wildman–Crippen LogP) is 1.57. The monoisotopic (exact) mass is 206 g/mol. The highest BCUT2D eigenvalue weighted by molar-refractivity contribution is 5.76. The number of carbonyl (C=O) groups is 1. The fraction of sp³-hybridized carbons (Fsp3) is 0.417. The van der Waals surface area contributed by atoms with Gasteiger partial charge in [0, 0.05) is 11.6 Å². The summed E-state index contributed by atoms with van der Waals surface area (Å²) in [5.41, 5.74) is 12.8. The molecule has 3 nitrogen and oxygen atoms in total. The molecule has 0 aliphatic carbocycles. The van der Waals surface area contributed by atoms with Crippen molar-refractivity contribution in [1.29, 1.82) is 0 Å². The zero-order valence-electron chi connectivity index (χ0n) is 9.23. The Bertz CT molecular complexity index is 332. The molecule has 0 radical (unpaired) electrons. The van der Waals surface area contributed by atoms with E-state index in [0.717, 1.165) is 12.1 Å². The second kappa shape index (κ2) is 4.82. The zero-order valence-corrected chi connectivity index (χ0v) is 9.23. The first kappa shape index (κ1) is 11.6. The quantitative estimate of drug-likeness (QED) is 0.734. The average molecular weight is 206 g/mol. The summed E-state index contributed by atoms with van der Waals surface area (Å²) in [6.45, 7) is 3.90. The molecular weight excluding hydrogens is 188 g/mol. The van der Waals surface area contributed by atoms with Crippen LogP contribution in [0.25, 0.3) is 0 Å². The summed E-state index contributed by atoms with van der Waals surface area (Å²) in [6, 6.07) is 7.72. The lowest BCUT2D eigenvalue weighted by Gasteiger charge is -2.16. The van der Waals surface area contributed by atoms with Gasteiger partial charge in [0.25, 0.3) is 0 Å². The number of anilines is 1. The van der Waals surface area contributed by atoms with Crippen molar-refractivity contribution in [1.82, 2.24) is 0 Å². The van der Waals surface area contributed by atoms with Crippen LogP contribution in [-0.2, 0) is 11.2 Å². The molecule has 0 fully saturated rings. The van der Waals surface area contributed by atoms with Gasteiger partial charge in [0.1, 0.15) is 0 Å². The smallest absolute Gasteiger partial charge is 0.220 e. The molecule has 0 aromatic heterocycles. The Labute approximate surface area is 90.5 Å². The third kappa shape index (κ3) is 3.27. The van der Waals surface area contributed by atoms with E-state index < -0.39 is 0 Å². The normalized spacial score (nSPS) is 14.5. The number of nitrogens with two attached hydrogens (primary N) is 2. The van der Waals surface area contributed by atoms with E-state index in [0.29, 0.717) is 0 Å². The van der Waals surface area contributed by atoms with E-state index in [2.05, 4.69) is 0 Å². The van der Waals surface area contributed by atoms with Crippen molar-refractivity contribution in [3.63, 3.8) is 0 Å². The highest BCUT2D eigenvalue weighted by Gasteiger charge is 2.17. The molecule has 1 rings (SSSR count). The Kier molecular flexibility index (Phi) is 3.72. The van der Waals surface area contributed by atoms with Crippen molar-refractivity contribution in [3.05, 3.63) is 29.8 Å². The number of amides is 1. The van der Waals surface area contributed by atoms with E-state index >= 15 is 0 Å². The average Bonchev–Trinajstić information content (AvgIpc) is 2.20. The Morgan fingerprint density at radius 2 is 1.80 bits per heavy atom. The van der Waals surface area contributed by atoms with Gasteiger partial charge in [-0.25, -0.2) is 0 Å². The molecule has 4 N–H and O–H groups in total. The largest absolute Gasteiger partial charge is 0.399 e. The van der Waals surface area contributed by atoms with Crippen molar-refractivity contribution >= 4 is 11.6 Å². The topological polar surface area (TPSA) is 69.1 Å². The third-order valence-electron chi connectivity index (χ3n) is 2.84. The van der Waals surface area contributed by atoms with Gasteiger partial charge in [-0.05, 0) is 30.0 Å². The summed E-state index contributed by atoms with van der Waals surface area (Å²) in [7, 11) is 0. The fourth-order valence-electron chi connectivity index (χ4n) is 1.48. The van der Waals surface area contributed by atoms with Crippen LogP contribution >= 0.6 is 0 Å². The molecule has 82 valence electrons. The van der Waals surface area contributed by atoms with Crippen LogP contribution in [-0.4, -0.2) is 5.91 Å². The fourth-order valence-corrected chi connectivity index (χ4v) is 1.48. The van der Waals surface area contributed by atoms with Crippen LogP contribution in [0.5, 0.6) is 0 Å². The molecule has 1 unspecified atom stereocenters. The van der Waals surface area contributed by atoms with Crippen LogP contribution in [0.4, 0.5) is 5.69 Å². The summed E-state index contributed by atoms with van der Waals surface area (Å²) in [6.07, 6.45) is 0.852. The number of carbonyl (C=O) groups excluding carboxylic acids is 1. The third-order valence-corrected chi connectivity index (χ3v) is 2.84. The summed E-state index contributed by atoms with van der Waals surface area (Å²) >= 11 is 0. The van der Waals surface area contributed by atoms with E-state index in [4.69, 9.17) is 11.5 Å². The number of rotatable bonds is 4. The Morgan fingerprint density at radius 3 is 2.27 bits per heavy atom. The van der Waals surface area contributed by atoms with E-state index in [1.165, 1.54) is 5.56 Å². The van der Waals surface area contributed by atoms with E-state index in [9.17, 15) is 4.79 Å². The molecule has 1 aromatic carbocycles. The molecule has 1 amide bonds. The van der Waals surface area contributed by atoms with Crippen molar-refractivity contribution in [2.24, 2.45) is 17.6 Å². The minimum atomic E-state index is -0.238. The number of nitrogen functional groups attached to an aromatic ring is 1. The minimum Gasteiger partial charge on any atom is -0.399 e. The maximum Gasteiger partial charge on any atom is 0.220 e. The molecule has 0 saturated carbocycles. The van der Waals surface area contributed by atoms with Crippen LogP contribution in [0.1, 0.15) is 19.4 Å². The van der Waals surface area contributed by atoms with Gasteiger partial charge in [0.05, 0.1) is 0 Å². The molecule has 0 aliphatic rings. The van der Waals surface area contributed by atoms with Gasteiger partial charge in [-0.15, -0.1) is 0 Å². The number of primary amides is 1. The Morgan fingerprint density at radius 1 is 1.27 bits per heavy atom. The lowest BCUT2D eigenvalue weighted by atomic mass is 9.89. The van der Waals surface area contributed by atoms with Gasteiger partial charge >= 0.3 is 0 Å². The van der Waals surface area contributed by atoms with Gasteiger partial charge in [0.15, 0.2) is 0 Å². The molecule has 0 heterocycles. The first-order valence-corrected chi connectivity index (χ1v) is 5.14. The van der Waals surface area contributed by atoms with E-state index in [1.807, 2.05) is 38.1 Å². The first-order chi connectivity index (χ1) is 7.00. The summed E-state index contributed by atoms with van der Waals surface area (Å²) in [5.74, 6) is -0.0772. The Hall–Kier alpha value is -1.51. The maximum atomic E-state index is 11.0. The van der Waals surface area contributed by atoms with Gasteiger partial charge in [0.2, 0.25) is 5.91 Å². The van der Waals surface area contributed by atoms with Crippen molar-refractivity contribution < 1.29 is 4.79 Å². The minimum absolute atomic E-state index is 0.0949. The molecular formula is C12H18N2O. The lowest BCUT2D eigenvalue weighted by Crippen LogP contribution is -2.27. The molecule has 0 saturated heterocycles. The summed E-state index contributed by atoms with van der Waals surface area (Å²) in [5, 5.41) is 0. The standard InChI is InChI=1S/C12H18N2O/c1-8(9(2)12(14)15)7-10-3-5-11(13)6-4-10/h3-6,8-9H,7,13H2,1-2H3,(H2,14,15)/t8-,9?/m0/s1. The van der Waals surface area contributed by atoms with Gasteiger partial charge < -0.3 is 11.5 Å². The zero-order chi connectivity index (χ0) is 11.4. The molecule has 3 heteroatoms. The van der Waals surface area contributed by atoms with Crippen LogP contribution in [0.2, 0.25) is 0 Å². The molecule has 2 atom stereocenters. The van der Waals surface area contributed by atoms with Crippen LogP contribution in [0.15, 0.2) is 24.3 Å². The number of hydrogen-bond donors (Lipinski definition) is 2. The van der Waals surface area contributed by atoms with Gasteiger partial charge in [-0.1, -0.05) is 26.0 Å². The maximum absolute atomic E-state index is 11.0.